The molecule has 0 aromatic heterocycles. The molecule has 1 heterocycles. The highest BCUT2D eigenvalue weighted by molar-refractivity contribution is 8.02. The van der Waals surface area contributed by atoms with Gasteiger partial charge in [-0.1, -0.05) is 54.6 Å². The fraction of sp³-hybridized carbons (Fsp3) is 0.111. The minimum Gasteiger partial charge on any atom is -0.310 e. The van der Waals surface area contributed by atoms with Gasteiger partial charge in [-0.15, -0.1) is 11.8 Å². The van der Waals surface area contributed by atoms with Crippen molar-refractivity contribution in [1.29, 1.82) is 0 Å². The van der Waals surface area contributed by atoms with Crippen LogP contribution in [0.2, 0.25) is 0 Å². The van der Waals surface area contributed by atoms with Gasteiger partial charge in [0.2, 0.25) is 5.91 Å². The molecule has 4 heteroatoms. The molecular formula is C18H15NO2S. The highest BCUT2D eigenvalue weighted by Gasteiger charge is 2.18. The summed E-state index contributed by atoms with van der Waals surface area (Å²) in [6.07, 6.45) is 1.67. The second kappa shape index (κ2) is 6.62. The van der Waals surface area contributed by atoms with Crippen molar-refractivity contribution in [1.82, 2.24) is 4.90 Å². The fourth-order valence-corrected chi connectivity index (χ4v) is 2.91. The molecule has 1 aliphatic rings. The number of Topliss-reactive ketones (excluding diaryl/α,β-unsaturated/α-hetero) is 1. The molecule has 0 fully saturated rings. The van der Waals surface area contributed by atoms with Crippen molar-refractivity contribution in [3.63, 3.8) is 0 Å². The summed E-state index contributed by atoms with van der Waals surface area (Å²) < 4.78 is 0. The molecule has 3 rings (SSSR count). The van der Waals surface area contributed by atoms with Crippen LogP contribution >= 0.6 is 11.8 Å². The van der Waals surface area contributed by atoms with Crippen LogP contribution in [-0.2, 0) is 4.79 Å². The molecule has 0 bridgehead atoms. The highest BCUT2D eigenvalue weighted by atomic mass is 32.2. The standard InChI is InChI=1S/C18H15NO2S/c20-17(12-19-10-11-22-13-18(19)21)16-8-6-15(7-9-16)14-4-2-1-3-5-14/h1-11H,12-13H2. The van der Waals surface area contributed by atoms with Gasteiger partial charge >= 0.3 is 0 Å². The molecule has 3 nitrogen and oxygen atoms in total. The third-order valence-corrected chi connectivity index (χ3v) is 4.22. The van der Waals surface area contributed by atoms with Gasteiger partial charge in [-0.3, -0.25) is 9.59 Å². The molecule has 2 aromatic carbocycles. The zero-order valence-electron chi connectivity index (χ0n) is 11.9. The summed E-state index contributed by atoms with van der Waals surface area (Å²) in [5.74, 6) is 0.322. The molecule has 0 spiro atoms. The number of hydrogen-bond acceptors (Lipinski definition) is 3. The van der Waals surface area contributed by atoms with Crippen LogP contribution in [0.25, 0.3) is 11.1 Å². The zero-order chi connectivity index (χ0) is 15.4. The van der Waals surface area contributed by atoms with Gasteiger partial charge in [-0.2, -0.15) is 0 Å². The van der Waals surface area contributed by atoms with Crippen LogP contribution in [0.15, 0.2) is 66.2 Å². The molecular weight excluding hydrogens is 294 g/mol. The van der Waals surface area contributed by atoms with Crippen LogP contribution in [0.1, 0.15) is 10.4 Å². The molecule has 1 aliphatic heterocycles. The molecule has 0 saturated carbocycles. The van der Waals surface area contributed by atoms with E-state index in [1.54, 1.807) is 6.20 Å². The van der Waals surface area contributed by atoms with Crippen LogP contribution in [0, 0.1) is 0 Å². The lowest BCUT2D eigenvalue weighted by atomic mass is 10.0. The van der Waals surface area contributed by atoms with Crippen LogP contribution in [0.5, 0.6) is 0 Å². The molecule has 22 heavy (non-hydrogen) atoms. The Hall–Kier alpha value is -2.33. The maximum Gasteiger partial charge on any atom is 0.237 e. The predicted octanol–water partition coefficient (Wildman–Crippen LogP) is 3.58. The Bertz CT molecular complexity index is 708. The Kier molecular flexibility index (Phi) is 4.39. The van der Waals surface area contributed by atoms with Crippen molar-refractivity contribution >= 4 is 23.5 Å². The number of carbonyl (C=O) groups is 2. The maximum absolute atomic E-state index is 12.3. The number of nitrogens with zero attached hydrogens (tertiary/aromatic N) is 1. The Morgan fingerprint density at radius 3 is 2.36 bits per heavy atom. The quantitative estimate of drug-likeness (QED) is 0.810. The van der Waals surface area contributed by atoms with Crippen molar-refractivity contribution in [2.24, 2.45) is 0 Å². The molecule has 0 saturated heterocycles. The van der Waals surface area contributed by atoms with E-state index in [1.165, 1.54) is 16.7 Å². The zero-order valence-corrected chi connectivity index (χ0v) is 12.8. The van der Waals surface area contributed by atoms with E-state index in [2.05, 4.69) is 0 Å². The van der Waals surface area contributed by atoms with Gasteiger partial charge in [0, 0.05) is 11.8 Å². The van der Waals surface area contributed by atoms with E-state index in [-0.39, 0.29) is 18.2 Å². The van der Waals surface area contributed by atoms with Gasteiger partial charge in [0.25, 0.3) is 0 Å². The second-order valence-corrected chi connectivity index (χ2v) is 5.88. The van der Waals surface area contributed by atoms with Crippen molar-refractivity contribution in [2.75, 3.05) is 12.3 Å². The third-order valence-electron chi connectivity index (χ3n) is 3.49. The van der Waals surface area contributed by atoms with Gasteiger partial charge in [0.1, 0.15) is 0 Å². The SMILES string of the molecule is O=C(CN1C=CSCC1=O)c1ccc(-c2ccccc2)cc1. The molecule has 1 amide bonds. The normalized spacial score (nSPS) is 14.2. The topological polar surface area (TPSA) is 37.4 Å². The van der Waals surface area contributed by atoms with Crippen molar-refractivity contribution in [3.05, 3.63) is 71.8 Å². The number of thioether (sulfide) groups is 1. The Morgan fingerprint density at radius 2 is 1.68 bits per heavy atom. The van der Waals surface area contributed by atoms with E-state index in [9.17, 15) is 9.59 Å². The lowest BCUT2D eigenvalue weighted by molar-refractivity contribution is -0.125. The number of amides is 1. The maximum atomic E-state index is 12.3. The minimum absolute atomic E-state index is 0.0262. The van der Waals surface area contributed by atoms with Crippen molar-refractivity contribution in [2.45, 2.75) is 0 Å². The van der Waals surface area contributed by atoms with E-state index < -0.39 is 0 Å². The number of rotatable bonds is 4. The lowest BCUT2D eigenvalue weighted by Gasteiger charge is -2.20. The van der Waals surface area contributed by atoms with Gasteiger partial charge in [0.15, 0.2) is 5.78 Å². The molecule has 0 radical (unpaired) electrons. The van der Waals surface area contributed by atoms with Gasteiger partial charge in [-0.05, 0) is 16.5 Å². The van der Waals surface area contributed by atoms with Crippen molar-refractivity contribution < 1.29 is 9.59 Å². The van der Waals surface area contributed by atoms with E-state index in [0.717, 1.165) is 11.1 Å². The first-order chi connectivity index (χ1) is 10.7. The van der Waals surface area contributed by atoms with Crippen molar-refractivity contribution in [3.8, 4) is 11.1 Å². The monoisotopic (exact) mass is 309 g/mol. The van der Waals surface area contributed by atoms with Crippen LogP contribution in [-0.4, -0.2) is 28.9 Å². The second-order valence-electron chi connectivity index (χ2n) is 4.98. The van der Waals surface area contributed by atoms with Crippen LogP contribution < -0.4 is 0 Å². The fourth-order valence-electron chi connectivity index (χ4n) is 2.27. The Balaban J connectivity index is 1.72. The summed E-state index contributed by atoms with van der Waals surface area (Å²) in [4.78, 5) is 25.4. The van der Waals surface area contributed by atoms with Gasteiger partial charge in [-0.25, -0.2) is 0 Å². The predicted molar refractivity (Wildman–Crippen MR) is 89.5 cm³/mol. The summed E-state index contributed by atoms with van der Waals surface area (Å²) >= 11 is 1.45. The summed E-state index contributed by atoms with van der Waals surface area (Å²) in [6, 6.07) is 17.5. The summed E-state index contributed by atoms with van der Waals surface area (Å²) in [6.45, 7) is 0.0978. The molecule has 0 atom stereocenters. The third kappa shape index (κ3) is 3.28. The molecule has 0 aliphatic carbocycles. The van der Waals surface area contributed by atoms with E-state index in [1.807, 2.05) is 60.0 Å². The van der Waals surface area contributed by atoms with Gasteiger partial charge in [0.05, 0.1) is 12.3 Å². The molecule has 0 N–H and O–H groups in total. The summed E-state index contributed by atoms with van der Waals surface area (Å²) in [7, 11) is 0. The molecule has 2 aromatic rings. The number of benzene rings is 2. The number of carbonyl (C=O) groups excluding carboxylic acids is 2. The lowest BCUT2D eigenvalue weighted by Crippen LogP contribution is -2.33. The average molecular weight is 309 g/mol. The largest absolute Gasteiger partial charge is 0.310 e. The molecule has 0 unspecified atom stereocenters. The average Bonchev–Trinajstić information content (AvgIpc) is 2.58. The highest BCUT2D eigenvalue weighted by Crippen LogP contribution is 2.20. The number of ketones is 1. The number of hydrogen-bond donors (Lipinski definition) is 0. The van der Waals surface area contributed by atoms with E-state index in [0.29, 0.717) is 11.3 Å². The smallest absolute Gasteiger partial charge is 0.237 e. The Morgan fingerprint density at radius 1 is 1.00 bits per heavy atom. The first-order valence-electron chi connectivity index (χ1n) is 7.00. The van der Waals surface area contributed by atoms with Gasteiger partial charge < -0.3 is 4.90 Å². The first-order valence-corrected chi connectivity index (χ1v) is 8.05. The molecule has 110 valence electrons. The summed E-state index contributed by atoms with van der Waals surface area (Å²) in [5.41, 5.74) is 2.81. The minimum atomic E-state index is -0.0514. The van der Waals surface area contributed by atoms with E-state index >= 15 is 0 Å². The van der Waals surface area contributed by atoms with Crippen LogP contribution in [0.3, 0.4) is 0 Å². The Labute approximate surface area is 133 Å². The first kappa shape index (κ1) is 14.6. The van der Waals surface area contributed by atoms with Crippen LogP contribution in [0.4, 0.5) is 0 Å². The summed E-state index contributed by atoms with van der Waals surface area (Å²) in [5, 5.41) is 1.84. The van der Waals surface area contributed by atoms with E-state index in [4.69, 9.17) is 0 Å².